The van der Waals surface area contributed by atoms with E-state index >= 15 is 0 Å². The number of alkyl carbamates (subject to hydrolysis) is 1. The largest absolute Gasteiger partial charge is 0.444 e. The quantitative estimate of drug-likeness (QED) is 0.828. The van der Waals surface area contributed by atoms with E-state index in [0.29, 0.717) is 0 Å². The van der Waals surface area contributed by atoms with Gasteiger partial charge in [0.25, 0.3) is 0 Å². The number of nitrogens with zero attached hydrogens (tertiary/aromatic N) is 1. The summed E-state index contributed by atoms with van der Waals surface area (Å²) in [5.74, 6) is 0. The molecule has 0 bridgehead atoms. The van der Waals surface area contributed by atoms with Gasteiger partial charge in [-0.25, -0.2) is 9.10 Å². The molecule has 0 fully saturated rings. The number of amides is 1. The van der Waals surface area contributed by atoms with Crippen molar-refractivity contribution in [2.24, 2.45) is 5.41 Å². The first-order valence-corrected chi connectivity index (χ1v) is 8.82. The molecule has 1 heterocycles. The monoisotopic (exact) mass is 336 g/mol. The SMILES string of the molecule is CC(C)(C)OC(=O)NC(CN1Cc2ccccc2S1)C(C)(C)C. The maximum Gasteiger partial charge on any atom is 0.407 e. The molecule has 1 atom stereocenters. The minimum Gasteiger partial charge on any atom is -0.444 e. The maximum atomic E-state index is 12.1. The second kappa shape index (κ2) is 6.73. The molecule has 0 spiro atoms. The normalized spacial score (nSPS) is 16.8. The summed E-state index contributed by atoms with van der Waals surface area (Å²) in [6, 6.07) is 8.46. The molecule has 1 aliphatic rings. The highest BCUT2D eigenvalue weighted by Crippen LogP contribution is 2.36. The summed E-state index contributed by atoms with van der Waals surface area (Å²) in [4.78, 5) is 13.5. The fraction of sp³-hybridized carbons (Fsp3) is 0.611. The Balaban J connectivity index is 1.99. The second-order valence-corrected chi connectivity index (χ2v) is 9.23. The Labute approximate surface area is 144 Å². The van der Waals surface area contributed by atoms with Crippen LogP contribution in [0.25, 0.3) is 0 Å². The number of fused-ring (bicyclic) bond motifs is 1. The molecule has 23 heavy (non-hydrogen) atoms. The van der Waals surface area contributed by atoms with E-state index in [4.69, 9.17) is 4.74 Å². The molecule has 5 heteroatoms. The summed E-state index contributed by atoms with van der Waals surface area (Å²) in [6.45, 7) is 13.8. The van der Waals surface area contributed by atoms with Gasteiger partial charge < -0.3 is 10.1 Å². The predicted octanol–water partition coefficient (Wildman–Crippen LogP) is 4.45. The third kappa shape index (κ3) is 5.43. The van der Waals surface area contributed by atoms with E-state index < -0.39 is 5.60 Å². The molecule has 1 amide bonds. The topological polar surface area (TPSA) is 41.6 Å². The Morgan fingerprint density at radius 1 is 1.26 bits per heavy atom. The third-order valence-corrected chi connectivity index (χ3v) is 4.80. The van der Waals surface area contributed by atoms with Crippen LogP contribution in [0.15, 0.2) is 29.2 Å². The lowest BCUT2D eigenvalue weighted by atomic mass is 9.86. The molecule has 0 radical (unpaired) electrons. The molecule has 4 nitrogen and oxygen atoms in total. The smallest absolute Gasteiger partial charge is 0.407 e. The molecular formula is C18H28N2O2S. The summed E-state index contributed by atoms with van der Waals surface area (Å²) in [5.41, 5.74) is 0.819. The van der Waals surface area contributed by atoms with Crippen molar-refractivity contribution in [2.75, 3.05) is 6.54 Å². The summed E-state index contributed by atoms with van der Waals surface area (Å²) in [6.07, 6.45) is -0.348. The van der Waals surface area contributed by atoms with Gasteiger partial charge in [0, 0.05) is 18.0 Å². The molecule has 1 aromatic carbocycles. The van der Waals surface area contributed by atoms with Crippen molar-refractivity contribution in [3.63, 3.8) is 0 Å². The van der Waals surface area contributed by atoms with Crippen molar-refractivity contribution in [3.05, 3.63) is 29.8 Å². The van der Waals surface area contributed by atoms with E-state index in [0.717, 1.165) is 13.1 Å². The van der Waals surface area contributed by atoms with Gasteiger partial charge in [0.1, 0.15) is 5.60 Å². The minimum absolute atomic E-state index is 0.0131. The number of benzene rings is 1. The number of carbonyl (C=O) groups excluding carboxylic acids is 1. The summed E-state index contributed by atoms with van der Waals surface area (Å²) >= 11 is 1.76. The highest BCUT2D eigenvalue weighted by atomic mass is 32.2. The Hall–Kier alpha value is -1.20. The predicted molar refractivity (Wildman–Crippen MR) is 95.3 cm³/mol. The molecule has 128 valence electrons. The molecule has 0 saturated carbocycles. The van der Waals surface area contributed by atoms with Gasteiger partial charge in [0.2, 0.25) is 0 Å². The van der Waals surface area contributed by atoms with E-state index in [9.17, 15) is 4.79 Å². The molecule has 1 N–H and O–H groups in total. The Kier molecular flexibility index (Phi) is 5.31. The Bertz CT molecular complexity index is 536. The number of nitrogens with one attached hydrogen (secondary N) is 1. The van der Waals surface area contributed by atoms with Crippen LogP contribution in [0.2, 0.25) is 0 Å². The zero-order valence-electron chi connectivity index (χ0n) is 15.0. The van der Waals surface area contributed by atoms with Crippen LogP contribution in [-0.2, 0) is 11.3 Å². The summed E-state index contributed by atoms with van der Waals surface area (Å²) in [5, 5.41) is 3.05. The second-order valence-electron chi connectivity index (χ2n) is 8.09. The first-order chi connectivity index (χ1) is 10.5. The van der Waals surface area contributed by atoms with Crippen LogP contribution < -0.4 is 5.32 Å². The zero-order chi connectivity index (χ0) is 17.3. The van der Waals surface area contributed by atoms with Crippen LogP contribution in [0.5, 0.6) is 0 Å². The fourth-order valence-corrected chi connectivity index (χ4v) is 3.47. The lowest BCUT2D eigenvalue weighted by Gasteiger charge is -2.34. The summed E-state index contributed by atoms with van der Waals surface area (Å²) < 4.78 is 7.72. The van der Waals surface area contributed by atoms with Gasteiger partial charge in [-0.3, -0.25) is 0 Å². The van der Waals surface area contributed by atoms with Crippen LogP contribution in [0.4, 0.5) is 4.79 Å². The third-order valence-electron chi connectivity index (χ3n) is 3.67. The van der Waals surface area contributed by atoms with Crippen molar-refractivity contribution < 1.29 is 9.53 Å². The number of ether oxygens (including phenoxy) is 1. The van der Waals surface area contributed by atoms with E-state index in [1.54, 1.807) is 11.9 Å². The Morgan fingerprint density at radius 2 is 1.91 bits per heavy atom. The van der Waals surface area contributed by atoms with Gasteiger partial charge in [-0.05, 0) is 49.8 Å². The number of rotatable bonds is 3. The van der Waals surface area contributed by atoms with Crippen molar-refractivity contribution >= 4 is 18.0 Å². The van der Waals surface area contributed by atoms with Gasteiger partial charge in [0.15, 0.2) is 0 Å². The van der Waals surface area contributed by atoms with Gasteiger partial charge in [-0.1, -0.05) is 39.0 Å². The van der Waals surface area contributed by atoms with Crippen LogP contribution >= 0.6 is 11.9 Å². The van der Waals surface area contributed by atoms with Crippen LogP contribution in [-0.4, -0.2) is 28.6 Å². The van der Waals surface area contributed by atoms with Crippen molar-refractivity contribution in [1.29, 1.82) is 0 Å². The maximum absolute atomic E-state index is 12.1. The highest BCUT2D eigenvalue weighted by molar-refractivity contribution is 7.97. The van der Waals surface area contributed by atoms with Crippen LogP contribution in [0, 0.1) is 5.41 Å². The lowest BCUT2D eigenvalue weighted by molar-refractivity contribution is 0.0454. The summed E-state index contributed by atoms with van der Waals surface area (Å²) in [7, 11) is 0. The van der Waals surface area contributed by atoms with Gasteiger partial charge in [-0.2, -0.15) is 0 Å². The Morgan fingerprint density at radius 3 is 2.48 bits per heavy atom. The number of carbonyl (C=O) groups is 1. The molecule has 0 aromatic heterocycles. The van der Waals surface area contributed by atoms with Crippen LogP contribution in [0.3, 0.4) is 0 Å². The van der Waals surface area contributed by atoms with Crippen molar-refractivity contribution in [2.45, 2.75) is 64.6 Å². The standard InChI is InChI=1S/C18H28N2O2S/c1-17(2,3)15(19-16(21)22-18(4,5)6)12-20-11-13-9-7-8-10-14(13)23-20/h7-10,15H,11-12H2,1-6H3,(H,19,21). The van der Waals surface area contributed by atoms with E-state index in [1.165, 1.54) is 10.5 Å². The van der Waals surface area contributed by atoms with Gasteiger partial charge in [-0.15, -0.1) is 0 Å². The lowest BCUT2D eigenvalue weighted by Crippen LogP contribution is -2.50. The molecule has 1 aromatic rings. The average molecular weight is 337 g/mol. The van der Waals surface area contributed by atoms with Gasteiger partial charge >= 0.3 is 6.09 Å². The fourth-order valence-electron chi connectivity index (χ4n) is 2.38. The van der Waals surface area contributed by atoms with E-state index in [1.807, 2.05) is 20.8 Å². The van der Waals surface area contributed by atoms with E-state index in [2.05, 4.69) is 54.7 Å². The first-order valence-electron chi connectivity index (χ1n) is 8.05. The molecule has 1 unspecified atom stereocenters. The molecular weight excluding hydrogens is 308 g/mol. The average Bonchev–Trinajstić information content (AvgIpc) is 2.76. The highest BCUT2D eigenvalue weighted by Gasteiger charge is 2.32. The number of hydrogen-bond acceptors (Lipinski definition) is 4. The zero-order valence-corrected chi connectivity index (χ0v) is 15.8. The first kappa shape index (κ1) is 18.1. The van der Waals surface area contributed by atoms with E-state index in [-0.39, 0.29) is 17.6 Å². The number of hydrogen-bond donors (Lipinski definition) is 1. The molecule has 0 saturated heterocycles. The molecule has 2 rings (SSSR count). The van der Waals surface area contributed by atoms with Gasteiger partial charge in [0.05, 0.1) is 6.04 Å². The van der Waals surface area contributed by atoms with Crippen LogP contribution in [0.1, 0.15) is 47.1 Å². The minimum atomic E-state index is -0.481. The molecule has 1 aliphatic heterocycles. The van der Waals surface area contributed by atoms with Crippen molar-refractivity contribution in [1.82, 2.24) is 9.62 Å². The molecule has 0 aliphatic carbocycles. The van der Waals surface area contributed by atoms with Crippen molar-refractivity contribution in [3.8, 4) is 0 Å².